The summed E-state index contributed by atoms with van der Waals surface area (Å²) in [7, 11) is 4.99. The van der Waals surface area contributed by atoms with E-state index in [2.05, 4.69) is 28.8 Å². The minimum Gasteiger partial charge on any atom is -0.493 e. The van der Waals surface area contributed by atoms with E-state index in [0.717, 1.165) is 52.2 Å². The highest BCUT2D eigenvalue weighted by Crippen LogP contribution is 2.42. The van der Waals surface area contributed by atoms with Gasteiger partial charge in [0.25, 0.3) is 11.8 Å². The van der Waals surface area contributed by atoms with Crippen LogP contribution in [0, 0.1) is 12.1 Å². The number of benzene rings is 4. The second-order valence-electron chi connectivity index (χ2n) is 13.7. The number of hydrogen-bond acceptors (Lipinski definition) is 9. The number of ether oxygens (including phenoxy) is 4. The quantitative estimate of drug-likeness (QED) is 0.171. The van der Waals surface area contributed by atoms with Crippen molar-refractivity contribution in [1.82, 2.24) is 0 Å². The highest BCUT2D eigenvalue weighted by atomic mass is 16.5. The Morgan fingerprint density at radius 2 is 1.54 bits per heavy atom. The van der Waals surface area contributed by atoms with E-state index in [9.17, 15) is 9.59 Å². The Morgan fingerprint density at radius 1 is 0.815 bits per heavy atom. The maximum atomic E-state index is 13.8. The molecule has 0 saturated carbocycles. The molecule has 0 fully saturated rings. The van der Waals surface area contributed by atoms with Crippen molar-refractivity contribution in [2.24, 2.45) is 4.99 Å². The van der Waals surface area contributed by atoms with Crippen LogP contribution >= 0.6 is 0 Å². The van der Waals surface area contributed by atoms with Crippen molar-refractivity contribution in [3.8, 4) is 23.0 Å². The summed E-state index contributed by atoms with van der Waals surface area (Å²) in [5.41, 5.74) is 8.80. The molecule has 0 bridgehead atoms. The second kappa shape index (κ2) is 13.4. The van der Waals surface area contributed by atoms with Gasteiger partial charge in [0.15, 0.2) is 23.0 Å². The fourth-order valence-corrected chi connectivity index (χ4v) is 7.86. The normalized spacial score (nSPS) is 17.4. The molecule has 2 atom stereocenters. The van der Waals surface area contributed by atoms with Gasteiger partial charge < -0.3 is 34.5 Å². The largest absolute Gasteiger partial charge is 0.493 e. The van der Waals surface area contributed by atoms with Crippen molar-refractivity contribution in [3.63, 3.8) is 0 Å². The Kier molecular flexibility index (Phi) is 8.23. The standard InChI is InChI=1S/C43H37N5O6/c1-44-29-13-25(23-53-40-19-34-32(17-38(40)51-2)42(49)47-30(21-45-34)15-27-8-4-6-10-36(27)47)12-26(14-29)24-54-41-20-35-33(18-39(41)52-3)43(50)48-31(22-46-35)16-28-9-5-7-11-37(28)48/h4,6-8,10-14,17-21,30-31,44,46H,15-16,22-24H2,1-3H3/t30-,31-/m0/s1. The van der Waals surface area contributed by atoms with Gasteiger partial charge in [-0.25, -0.2) is 0 Å². The molecule has 0 aliphatic carbocycles. The van der Waals surface area contributed by atoms with Gasteiger partial charge in [-0.05, 0) is 65.2 Å². The molecule has 4 aliphatic rings. The third kappa shape index (κ3) is 5.67. The lowest BCUT2D eigenvalue weighted by molar-refractivity contribution is 0.0976. The zero-order chi connectivity index (χ0) is 36.9. The molecule has 4 heterocycles. The van der Waals surface area contributed by atoms with Crippen LogP contribution in [0.5, 0.6) is 23.0 Å². The van der Waals surface area contributed by atoms with Crippen LogP contribution in [0.4, 0.5) is 28.4 Å². The van der Waals surface area contributed by atoms with E-state index in [1.807, 2.05) is 71.6 Å². The first-order valence-corrected chi connectivity index (χ1v) is 17.9. The number of fused-ring (bicyclic) bond motifs is 8. The van der Waals surface area contributed by atoms with Crippen LogP contribution < -0.4 is 39.4 Å². The van der Waals surface area contributed by atoms with E-state index in [1.165, 1.54) is 0 Å². The summed E-state index contributed by atoms with van der Waals surface area (Å²) in [4.78, 5) is 36.1. The Balaban J connectivity index is 0.932. The summed E-state index contributed by atoms with van der Waals surface area (Å²) in [5.74, 6) is 1.69. The van der Waals surface area contributed by atoms with Crippen LogP contribution in [0.25, 0.3) is 0 Å². The molecule has 9 rings (SSSR count). The maximum Gasteiger partial charge on any atom is 0.261 e. The molecule has 4 aliphatic heterocycles. The number of aliphatic imine (C=N–C) groups is 1. The van der Waals surface area contributed by atoms with Crippen molar-refractivity contribution in [3.05, 3.63) is 124 Å². The SMILES string of the molecule is CNc1cc(COc2cc3c(cc2OC)C(=O)N2c4ccccc4C[C@H]2C=N3)cc(COc2cc3c(cc2OC)C(=O)N2c4ccc#cc4C[C@H]2CN3)c1. The Bertz CT molecular complexity index is 2360. The Hall–Kier alpha value is -6.67. The molecule has 0 aromatic heterocycles. The fourth-order valence-electron chi connectivity index (χ4n) is 7.86. The van der Waals surface area contributed by atoms with Crippen molar-refractivity contribution < 1.29 is 28.5 Å². The van der Waals surface area contributed by atoms with E-state index in [-0.39, 0.29) is 37.1 Å². The monoisotopic (exact) mass is 719 g/mol. The molecular formula is C43H37N5O6. The van der Waals surface area contributed by atoms with Gasteiger partial charge in [-0.15, -0.1) is 0 Å². The van der Waals surface area contributed by atoms with Gasteiger partial charge in [0, 0.05) is 61.7 Å². The lowest BCUT2D eigenvalue weighted by atomic mass is 10.1. The molecule has 11 heteroatoms. The van der Waals surface area contributed by atoms with Crippen LogP contribution in [0.15, 0.2) is 83.9 Å². The van der Waals surface area contributed by atoms with Gasteiger partial charge in [-0.3, -0.25) is 19.5 Å². The number of methoxy groups -OCH3 is 2. The van der Waals surface area contributed by atoms with E-state index >= 15 is 0 Å². The first-order chi connectivity index (χ1) is 26.4. The van der Waals surface area contributed by atoms with Gasteiger partial charge in [0.05, 0.1) is 54.5 Å². The minimum atomic E-state index is -0.152. The number of anilines is 4. The molecule has 0 radical (unpaired) electrons. The summed E-state index contributed by atoms with van der Waals surface area (Å²) in [6, 6.07) is 30.8. The number of amides is 2. The molecule has 54 heavy (non-hydrogen) atoms. The Morgan fingerprint density at radius 3 is 2.30 bits per heavy atom. The van der Waals surface area contributed by atoms with E-state index < -0.39 is 0 Å². The Labute approximate surface area is 313 Å². The van der Waals surface area contributed by atoms with Crippen molar-refractivity contribution in [2.75, 3.05) is 48.2 Å². The van der Waals surface area contributed by atoms with Crippen molar-refractivity contribution in [2.45, 2.75) is 38.1 Å². The topological polar surface area (TPSA) is 114 Å². The van der Waals surface area contributed by atoms with Gasteiger partial charge in [-0.2, -0.15) is 0 Å². The van der Waals surface area contributed by atoms with Crippen molar-refractivity contribution in [1.29, 1.82) is 0 Å². The summed E-state index contributed by atoms with van der Waals surface area (Å²) < 4.78 is 24.1. The minimum absolute atomic E-state index is 0.0240. The van der Waals surface area contributed by atoms with E-state index in [1.54, 1.807) is 38.5 Å². The predicted octanol–water partition coefficient (Wildman–Crippen LogP) is 6.79. The lowest BCUT2D eigenvalue weighted by Gasteiger charge is -2.22. The molecule has 0 saturated heterocycles. The number of carbonyl (C=O) groups excluding carboxylic acids is 2. The number of nitrogens with zero attached hydrogens (tertiary/aromatic N) is 3. The van der Waals surface area contributed by atoms with Gasteiger partial charge in [0.2, 0.25) is 0 Å². The number of rotatable bonds is 9. The summed E-state index contributed by atoms with van der Waals surface area (Å²) in [5, 5.41) is 6.70. The highest BCUT2D eigenvalue weighted by Gasteiger charge is 2.39. The molecular weight excluding hydrogens is 683 g/mol. The van der Waals surface area contributed by atoms with Crippen molar-refractivity contribution >= 4 is 46.5 Å². The number of nitrogens with one attached hydrogen (secondary N) is 2. The third-order valence-electron chi connectivity index (χ3n) is 10.5. The molecule has 11 nitrogen and oxygen atoms in total. The molecule has 5 aromatic rings. The first-order valence-electron chi connectivity index (χ1n) is 17.9. The molecule has 2 N–H and O–H groups in total. The molecule has 0 spiro atoms. The summed E-state index contributed by atoms with van der Waals surface area (Å²) in [6.45, 7) is 1.05. The van der Waals surface area contributed by atoms with E-state index in [4.69, 9.17) is 23.9 Å². The summed E-state index contributed by atoms with van der Waals surface area (Å²) in [6.07, 6.45) is 3.28. The average molecular weight is 720 g/mol. The first kappa shape index (κ1) is 33.2. The van der Waals surface area contributed by atoms with Crippen LogP contribution in [0.3, 0.4) is 0 Å². The zero-order valence-corrected chi connectivity index (χ0v) is 30.1. The fraction of sp³-hybridized carbons (Fsp3) is 0.233. The van der Waals surface area contributed by atoms with Crippen LogP contribution in [-0.2, 0) is 26.1 Å². The number of hydrogen-bond donors (Lipinski definition) is 2. The molecule has 270 valence electrons. The second-order valence-corrected chi connectivity index (χ2v) is 13.7. The van der Waals surface area contributed by atoms with Gasteiger partial charge in [0.1, 0.15) is 13.2 Å². The van der Waals surface area contributed by atoms with Gasteiger partial charge >= 0.3 is 0 Å². The molecule has 5 aromatic carbocycles. The molecule has 0 unspecified atom stereocenters. The lowest BCUT2D eigenvalue weighted by Crippen LogP contribution is -2.39. The third-order valence-corrected chi connectivity index (χ3v) is 10.5. The van der Waals surface area contributed by atoms with Crippen LogP contribution in [-0.4, -0.2) is 57.9 Å². The zero-order valence-electron chi connectivity index (χ0n) is 30.1. The number of carbonyl (C=O) groups is 2. The highest BCUT2D eigenvalue weighted by molar-refractivity contribution is 6.15. The maximum absolute atomic E-state index is 13.8. The summed E-state index contributed by atoms with van der Waals surface area (Å²) >= 11 is 0. The average Bonchev–Trinajstić information content (AvgIpc) is 3.70. The van der Waals surface area contributed by atoms with Crippen LogP contribution in [0.2, 0.25) is 0 Å². The predicted molar refractivity (Wildman–Crippen MR) is 206 cm³/mol. The smallest absolute Gasteiger partial charge is 0.261 e. The number of para-hydroxylation sites is 1. The van der Waals surface area contributed by atoms with Crippen LogP contribution in [0.1, 0.15) is 43.0 Å². The van der Waals surface area contributed by atoms with E-state index in [0.29, 0.717) is 52.0 Å². The molecule has 2 amide bonds. The van der Waals surface area contributed by atoms with Gasteiger partial charge in [-0.1, -0.05) is 30.3 Å².